The molecule has 2 aliphatic carbocycles. The molecule has 1 spiro atoms. The van der Waals surface area contributed by atoms with E-state index in [4.69, 9.17) is 5.26 Å². The van der Waals surface area contributed by atoms with E-state index in [2.05, 4.69) is 18.3 Å². The molecule has 2 heteroatoms. The van der Waals surface area contributed by atoms with Crippen LogP contribution in [0.4, 0.5) is 0 Å². The van der Waals surface area contributed by atoms with Crippen molar-refractivity contribution >= 4 is 0 Å². The standard InChI is InChI=1S/C11H18N2/c1-2-13-11(9-12)7-5-10(3-4-10)6-8-11/h13H,2-8H2,1H3. The van der Waals surface area contributed by atoms with Crippen LogP contribution in [0.15, 0.2) is 0 Å². The van der Waals surface area contributed by atoms with Gasteiger partial charge in [-0.25, -0.2) is 0 Å². The van der Waals surface area contributed by atoms with Crippen molar-refractivity contribution in [2.75, 3.05) is 6.54 Å². The highest BCUT2D eigenvalue weighted by atomic mass is 15.0. The predicted molar refractivity (Wildman–Crippen MR) is 52.2 cm³/mol. The fourth-order valence-corrected chi connectivity index (χ4v) is 2.55. The molecule has 0 atom stereocenters. The first-order valence-corrected chi connectivity index (χ1v) is 5.41. The summed E-state index contributed by atoms with van der Waals surface area (Å²) in [6, 6.07) is 2.47. The molecule has 0 aliphatic heterocycles. The molecule has 0 heterocycles. The highest BCUT2D eigenvalue weighted by molar-refractivity contribution is 5.13. The van der Waals surface area contributed by atoms with Crippen LogP contribution in [0.5, 0.6) is 0 Å². The smallest absolute Gasteiger partial charge is 0.106 e. The molecule has 0 radical (unpaired) electrons. The number of rotatable bonds is 2. The monoisotopic (exact) mass is 178 g/mol. The van der Waals surface area contributed by atoms with E-state index in [-0.39, 0.29) is 5.54 Å². The lowest BCUT2D eigenvalue weighted by atomic mass is 9.75. The second kappa shape index (κ2) is 2.99. The summed E-state index contributed by atoms with van der Waals surface area (Å²) in [6.07, 6.45) is 7.51. The van der Waals surface area contributed by atoms with Gasteiger partial charge >= 0.3 is 0 Å². The van der Waals surface area contributed by atoms with E-state index in [1.54, 1.807) is 0 Å². The minimum absolute atomic E-state index is 0.178. The van der Waals surface area contributed by atoms with Crippen molar-refractivity contribution in [2.24, 2.45) is 5.41 Å². The Hall–Kier alpha value is -0.550. The highest BCUT2D eigenvalue weighted by Gasteiger charge is 2.49. The Labute approximate surface area is 80.3 Å². The molecule has 2 nitrogen and oxygen atoms in total. The van der Waals surface area contributed by atoms with Crippen molar-refractivity contribution in [1.29, 1.82) is 5.26 Å². The van der Waals surface area contributed by atoms with Gasteiger partial charge in [0, 0.05) is 0 Å². The maximum Gasteiger partial charge on any atom is 0.106 e. The zero-order valence-electron chi connectivity index (χ0n) is 8.40. The van der Waals surface area contributed by atoms with Gasteiger partial charge in [-0.1, -0.05) is 6.92 Å². The molecular weight excluding hydrogens is 160 g/mol. The summed E-state index contributed by atoms with van der Waals surface area (Å²) in [6.45, 7) is 3.00. The van der Waals surface area contributed by atoms with E-state index in [0.717, 1.165) is 19.4 Å². The Morgan fingerprint density at radius 3 is 2.08 bits per heavy atom. The highest BCUT2D eigenvalue weighted by Crippen LogP contribution is 2.57. The first kappa shape index (κ1) is 9.02. The van der Waals surface area contributed by atoms with Crippen LogP contribution in [-0.4, -0.2) is 12.1 Å². The normalized spacial score (nSPS) is 28.3. The van der Waals surface area contributed by atoms with Crippen LogP contribution in [0.25, 0.3) is 0 Å². The molecule has 0 aromatic heterocycles. The minimum Gasteiger partial charge on any atom is -0.300 e. The van der Waals surface area contributed by atoms with Gasteiger partial charge in [-0.3, -0.25) is 5.32 Å². The first-order chi connectivity index (χ1) is 6.24. The molecule has 1 N–H and O–H groups in total. The molecule has 0 amide bonds. The number of nitrogens with one attached hydrogen (secondary N) is 1. The average molecular weight is 178 g/mol. The molecule has 0 bridgehead atoms. The van der Waals surface area contributed by atoms with E-state index in [0.29, 0.717) is 5.41 Å². The first-order valence-electron chi connectivity index (χ1n) is 5.41. The summed E-state index contributed by atoms with van der Waals surface area (Å²) in [5.41, 5.74) is 0.512. The molecule has 0 unspecified atom stereocenters. The topological polar surface area (TPSA) is 35.8 Å². The zero-order chi connectivity index (χ0) is 9.36. The fourth-order valence-electron chi connectivity index (χ4n) is 2.55. The molecule has 2 saturated carbocycles. The van der Waals surface area contributed by atoms with Gasteiger partial charge in [0.05, 0.1) is 6.07 Å². The van der Waals surface area contributed by atoms with E-state index < -0.39 is 0 Å². The van der Waals surface area contributed by atoms with Crippen molar-refractivity contribution in [3.8, 4) is 6.07 Å². The molecule has 72 valence electrons. The Kier molecular flexibility index (Phi) is 2.08. The fraction of sp³-hybridized carbons (Fsp3) is 0.909. The van der Waals surface area contributed by atoms with Crippen molar-refractivity contribution in [2.45, 2.75) is 51.0 Å². The molecular formula is C11H18N2. The minimum atomic E-state index is -0.178. The van der Waals surface area contributed by atoms with Gasteiger partial charge in [-0.2, -0.15) is 5.26 Å². The lowest BCUT2D eigenvalue weighted by Gasteiger charge is -2.35. The van der Waals surface area contributed by atoms with Gasteiger partial charge < -0.3 is 0 Å². The van der Waals surface area contributed by atoms with E-state index in [9.17, 15) is 0 Å². The Bertz CT molecular complexity index is 225. The molecule has 0 saturated heterocycles. The summed E-state index contributed by atoms with van der Waals surface area (Å²) < 4.78 is 0. The van der Waals surface area contributed by atoms with Gasteiger partial charge in [-0.15, -0.1) is 0 Å². The third-order valence-electron chi connectivity index (χ3n) is 3.85. The van der Waals surface area contributed by atoms with Crippen molar-refractivity contribution < 1.29 is 0 Å². The van der Waals surface area contributed by atoms with Crippen LogP contribution >= 0.6 is 0 Å². The van der Waals surface area contributed by atoms with E-state index >= 15 is 0 Å². The van der Waals surface area contributed by atoms with Gasteiger partial charge in [0.15, 0.2) is 0 Å². The van der Waals surface area contributed by atoms with Crippen LogP contribution in [0, 0.1) is 16.7 Å². The lowest BCUT2D eigenvalue weighted by Crippen LogP contribution is -2.46. The largest absolute Gasteiger partial charge is 0.300 e. The molecule has 2 aliphatic rings. The van der Waals surface area contributed by atoms with E-state index in [1.165, 1.54) is 25.7 Å². The molecule has 0 aromatic rings. The maximum atomic E-state index is 9.15. The predicted octanol–water partition coefficient (Wildman–Crippen LogP) is 2.21. The van der Waals surface area contributed by atoms with Crippen LogP contribution in [0.1, 0.15) is 45.4 Å². The van der Waals surface area contributed by atoms with Crippen molar-refractivity contribution in [3.63, 3.8) is 0 Å². The van der Waals surface area contributed by atoms with Crippen molar-refractivity contribution in [1.82, 2.24) is 5.32 Å². The van der Waals surface area contributed by atoms with Gasteiger partial charge in [-0.05, 0) is 50.5 Å². The van der Waals surface area contributed by atoms with Crippen molar-refractivity contribution in [3.05, 3.63) is 0 Å². The number of hydrogen-bond donors (Lipinski definition) is 1. The summed E-state index contributed by atoms with van der Waals surface area (Å²) in [4.78, 5) is 0. The van der Waals surface area contributed by atoms with Gasteiger partial charge in [0.25, 0.3) is 0 Å². The molecule has 0 aromatic carbocycles. The summed E-state index contributed by atoms with van der Waals surface area (Å²) in [7, 11) is 0. The lowest BCUT2D eigenvalue weighted by molar-refractivity contribution is 0.226. The third kappa shape index (κ3) is 1.58. The Morgan fingerprint density at radius 1 is 1.15 bits per heavy atom. The average Bonchev–Trinajstić information content (AvgIpc) is 2.91. The van der Waals surface area contributed by atoms with Crippen LogP contribution < -0.4 is 5.32 Å². The second-order valence-electron chi connectivity index (χ2n) is 4.72. The van der Waals surface area contributed by atoms with E-state index in [1.807, 2.05) is 0 Å². The Morgan fingerprint density at radius 2 is 1.69 bits per heavy atom. The van der Waals surface area contributed by atoms with Crippen LogP contribution in [0.3, 0.4) is 0 Å². The van der Waals surface area contributed by atoms with Crippen LogP contribution in [-0.2, 0) is 0 Å². The zero-order valence-corrected chi connectivity index (χ0v) is 8.40. The quantitative estimate of drug-likeness (QED) is 0.703. The van der Waals surface area contributed by atoms with Gasteiger partial charge in [0.2, 0.25) is 0 Å². The molecule has 2 rings (SSSR count). The van der Waals surface area contributed by atoms with Crippen LogP contribution in [0.2, 0.25) is 0 Å². The molecule has 13 heavy (non-hydrogen) atoms. The summed E-state index contributed by atoms with van der Waals surface area (Å²) in [5, 5.41) is 12.5. The SMILES string of the molecule is CCNC1(C#N)CCC2(CC2)CC1. The molecule has 2 fully saturated rings. The maximum absolute atomic E-state index is 9.15. The number of hydrogen-bond acceptors (Lipinski definition) is 2. The third-order valence-corrected chi connectivity index (χ3v) is 3.85. The summed E-state index contributed by atoms with van der Waals surface area (Å²) >= 11 is 0. The second-order valence-corrected chi connectivity index (χ2v) is 4.72. The Balaban J connectivity index is 1.97. The van der Waals surface area contributed by atoms with Gasteiger partial charge in [0.1, 0.15) is 5.54 Å². The summed E-state index contributed by atoms with van der Waals surface area (Å²) in [5.74, 6) is 0. The number of nitriles is 1. The number of nitrogens with zero attached hydrogens (tertiary/aromatic N) is 1.